The summed E-state index contributed by atoms with van der Waals surface area (Å²) >= 11 is 3.77. The Morgan fingerprint density at radius 2 is 2.10 bits per heavy atom. The molecule has 2 aromatic rings. The zero-order valence-corrected chi connectivity index (χ0v) is 13.4. The summed E-state index contributed by atoms with van der Waals surface area (Å²) in [5.74, 6) is 0. The minimum absolute atomic E-state index is 0.806. The van der Waals surface area contributed by atoms with E-state index in [1.165, 1.54) is 36.3 Å². The van der Waals surface area contributed by atoms with Gasteiger partial charge < -0.3 is 5.32 Å². The molecule has 0 aliphatic heterocycles. The molecular formula is C16H20N2S2. The topological polar surface area (TPSA) is 24.9 Å². The first-order valence-electron chi connectivity index (χ1n) is 7.22. The van der Waals surface area contributed by atoms with E-state index in [4.69, 9.17) is 0 Å². The van der Waals surface area contributed by atoms with E-state index in [2.05, 4.69) is 39.9 Å². The van der Waals surface area contributed by atoms with Crippen molar-refractivity contribution >= 4 is 28.8 Å². The minimum atomic E-state index is 0.806. The Morgan fingerprint density at radius 1 is 1.30 bits per heavy atom. The lowest BCUT2D eigenvalue weighted by Crippen LogP contribution is -2.02. The molecule has 20 heavy (non-hydrogen) atoms. The van der Waals surface area contributed by atoms with Crippen LogP contribution in [0.3, 0.4) is 0 Å². The molecule has 1 heterocycles. The Morgan fingerprint density at radius 3 is 2.85 bits per heavy atom. The molecule has 1 saturated carbocycles. The van der Waals surface area contributed by atoms with E-state index in [1.807, 2.05) is 18.7 Å². The van der Waals surface area contributed by atoms with Crippen LogP contribution in [0.15, 0.2) is 34.5 Å². The molecule has 0 bridgehead atoms. The first-order chi connectivity index (χ1) is 9.81. The maximum absolute atomic E-state index is 4.51. The van der Waals surface area contributed by atoms with E-state index in [0.717, 1.165) is 22.5 Å². The molecule has 0 unspecified atom stereocenters. The number of benzene rings is 1. The summed E-state index contributed by atoms with van der Waals surface area (Å²) in [6.45, 7) is 2.87. The summed E-state index contributed by atoms with van der Waals surface area (Å²) in [5.41, 5.74) is 2.36. The Kier molecular flexibility index (Phi) is 4.63. The van der Waals surface area contributed by atoms with E-state index in [-0.39, 0.29) is 0 Å². The molecule has 4 heteroatoms. The number of hydrogen-bond acceptors (Lipinski definition) is 4. The van der Waals surface area contributed by atoms with Gasteiger partial charge in [0.1, 0.15) is 5.01 Å². The maximum atomic E-state index is 4.51. The highest BCUT2D eigenvalue weighted by Gasteiger charge is 2.17. The van der Waals surface area contributed by atoms with Crippen LogP contribution < -0.4 is 5.32 Å². The second-order valence-electron chi connectivity index (χ2n) is 5.26. The third-order valence-electron chi connectivity index (χ3n) is 3.58. The summed E-state index contributed by atoms with van der Waals surface area (Å²) in [4.78, 5) is 5.89. The molecule has 106 valence electrons. The average molecular weight is 304 g/mol. The number of thiazole rings is 1. The van der Waals surface area contributed by atoms with Gasteiger partial charge in [-0.3, -0.25) is 0 Å². The third-order valence-corrected chi connectivity index (χ3v) is 5.96. The monoisotopic (exact) mass is 304 g/mol. The van der Waals surface area contributed by atoms with Crippen LogP contribution in [0.25, 0.3) is 0 Å². The molecule has 0 saturated heterocycles. The lowest BCUT2D eigenvalue weighted by atomic mass is 10.3. The summed E-state index contributed by atoms with van der Waals surface area (Å²) in [7, 11) is 0. The Balaban J connectivity index is 1.65. The molecule has 1 fully saturated rings. The fourth-order valence-electron chi connectivity index (χ4n) is 2.56. The molecule has 0 spiro atoms. The van der Waals surface area contributed by atoms with Gasteiger partial charge in [0.25, 0.3) is 0 Å². The first kappa shape index (κ1) is 14.0. The van der Waals surface area contributed by atoms with E-state index in [9.17, 15) is 0 Å². The second-order valence-corrected chi connectivity index (χ2v) is 7.54. The number of rotatable bonds is 5. The zero-order valence-electron chi connectivity index (χ0n) is 11.8. The van der Waals surface area contributed by atoms with Gasteiger partial charge in [-0.25, -0.2) is 4.98 Å². The van der Waals surface area contributed by atoms with Gasteiger partial charge in [0.05, 0.1) is 6.54 Å². The molecule has 0 atom stereocenters. The molecule has 1 aliphatic rings. The van der Waals surface area contributed by atoms with Crippen LogP contribution in [-0.2, 0) is 6.54 Å². The largest absolute Gasteiger partial charge is 0.378 e. The Bertz CT molecular complexity index is 559. The standard InChI is InChI=1S/C16H20N2S2/c1-12-11-19-16(18-12)10-17-14-8-4-5-9-15(14)20-13-6-2-3-7-13/h4-5,8-9,11,13,17H,2-3,6-7,10H2,1H3. The maximum Gasteiger partial charge on any atom is 0.112 e. The summed E-state index contributed by atoms with van der Waals surface area (Å²) in [6.07, 6.45) is 5.52. The van der Waals surface area contributed by atoms with Crippen molar-refractivity contribution in [2.45, 2.75) is 49.3 Å². The van der Waals surface area contributed by atoms with E-state index < -0.39 is 0 Å². The highest BCUT2D eigenvalue weighted by atomic mass is 32.2. The molecular weight excluding hydrogens is 284 g/mol. The normalized spacial score (nSPS) is 15.7. The van der Waals surface area contributed by atoms with Crippen molar-refractivity contribution < 1.29 is 0 Å². The Labute approximate surface area is 129 Å². The SMILES string of the molecule is Cc1csc(CNc2ccccc2SC2CCCC2)n1. The highest BCUT2D eigenvalue weighted by Crippen LogP contribution is 2.38. The van der Waals surface area contributed by atoms with Crippen molar-refractivity contribution in [2.75, 3.05) is 5.32 Å². The van der Waals surface area contributed by atoms with Crippen LogP contribution in [0.1, 0.15) is 36.4 Å². The van der Waals surface area contributed by atoms with Crippen LogP contribution in [0, 0.1) is 6.92 Å². The van der Waals surface area contributed by atoms with Gasteiger partial charge in [-0.2, -0.15) is 0 Å². The van der Waals surface area contributed by atoms with Crippen LogP contribution in [0.4, 0.5) is 5.69 Å². The number of nitrogens with one attached hydrogen (secondary N) is 1. The van der Waals surface area contributed by atoms with E-state index >= 15 is 0 Å². The van der Waals surface area contributed by atoms with Crippen molar-refractivity contribution in [3.63, 3.8) is 0 Å². The third kappa shape index (κ3) is 3.55. The number of para-hydroxylation sites is 1. The lowest BCUT2D eigenvalue weighted by Gasteiger charge is -2.14. The summed E-state index contributed by atoms with van der Waals surface area (Å²) in [5, 5.41) is 7.61. The predicted octanol–water partition coefficient (Wildman–Crippen LogP) is 5.10. The molecule has 1 N–H and O–H groups in total. The molecule has 3 rings (SSSR count). The van der Waals surface area contributed by atoms with Crippen molar-refractivity contribution in [3.05, 3.63) is 40.3 Å². The van der Waals surface area contributed by atoms with E-state index in [1.54, 1.807) is 11.3 Å². The second kappa shape index (κ2) is 6.64. The van der Waals surface area contributed by atoms with Crippen LogP contribution in [-0.4, -0.2) is 10.2 Å². The van der Waals surface area contributed by atoms with Crippen LogP contribution >= 0.6 is 23.1 Å². The number of nitrogens with zero attached hydrogens (tertiary/aromatic N) is 1. The number of aromatic nitrogens is 1. The number of hydrogen-bond donors (Lipinski definition) is 1. The van der Waals surface area contributed by atoms with Crippen molar-refractivity contribution in [1.29, 1.82) is 0 Å². The highest BCUT2D eigenvalue weighted by molar-refractivity contribution is 8.00. The molecule has 1 aliphatic carbocycles. The van der Waals surface area contributed by atoms with Crippen molar-refractivity contribution in [1.82, 2.24) is 4.98 Å². The van der Waals surface area contributed by atoms with E-state index in [0.29, 0.717) is 0 Å². The van der Waals surface area contributed by atoms with Gasteiger partial charge in [0.2, 0.25) is 0 Å². The molecule has 1 aromatic heterocycles. The predicted molar refractivity (Wildman–Crippen MR) is 88.7 cm³/mol. The van der Waals surface area contributed by atoms with Gasteiger partial charge in [0.15, 0.2) is 0 Å². The van der Waals surface area contributed by atoms with Crippen LogP contribution in [0.2, 0.25) is 0 Å². The fraction of sp³-hybridized carbons (Fsp3) is 0.438. The van der Waals surface area contributed by atoms with Crippen molar-refractivity contribution in [3.8, 4) is 0 Å². The summed E-state index contributed by atoms with van der Waals surface area (Å²) < 4.78 is 0. The van der Waals surface area contributed by atoms with Crippen LogP contribution in [0.5, 0.6) is 0 Å². The number of thioether (sulfide) groups is 1. The number of aryl methyl sites for hydroxylation is 1. The zero-order chi connectivity index (χ0) is 13.8. The van der Waals surface area contributed by atoms with Gasteiger partial charge in [-0.1, -0.05) is 25.0 Å². The van der Waals surface area contributed by atoms with Gasteiger partial charge in [-0.05, 0) is 31.9 Å². The fourth-order valence-corrected chi connectivity index (χ4v) is 4.62. The number of anilines is 1. The molecule has 1 aromatic carbocycles. The van der Waals surface area contributed by atoms with Gasteiger partial charge >= 0.3 is 0 Å². The quantitative estimate of drug-likeness (QED) is 0.832. The lowest BCUT2D eigenvalue weighted by molar-refractivity contribution is 0.886. The molecule has 2 nitrogen and oxygen atoms in total. The Hall–Kier alpha value is -1.00. The molecule has 0 amide bonds. The van der Waals surface area contributed by atoms with Crippen molar-refractivity contribution in [2.24, 2.45) is 0 Å². The average Bonchev–Trinajstić information content (AvgIpc) is 3.10. The van der Waals surface area contributed by atoms with Gasteiger partial charge in [0, 0.05) is 26.9 Å². The smallest absolute Gasteiger partial charge is 0.112 e. The summed E-state index contributed by atoms with van der Waals surface area (Å²) in [6, 6.07) is 8.65. The first-order valence-corrected chi connectivity index (χ1v) is 8.98. The molecule has 0 radical (unpaired) electrons. The van der Waals surface area contributed by atoms with Gasteiger partial charge in [-0.15, -0.1) is 23.1 Å². The minimum Gasteiger partial charge on any atom is -0.378 e.